The van der Waals surface area contributed by atoms with E-state index in [9.17, 15) is 9.18 Å². The number of carbonyl (C=O) groups is 1. The van der Waals surface area contributed by atoms with Crippen molar-refractivity contribution in [1.82, 2.24) is 9.88 Å². The van der Waals surface area contributed by atoms with E-state index in [4.69, 9.17) is 15.9 Å². The van der Waals surface area contributed by atoms with Gasteiger partial charge in [0.2, 0.25) is 0 Å². The van der Waals surface area contributed by atoms with Crippen LogP contribution in [0.15, 0.2) is 47.6 Å². The largest absolute Gasteiger partial charge is 0.497 e. The van der Waals surface area contributed by atoms with Gasteiger partial charge in [0.05, 0.1) is 13.2 Å². The summed E-state index contributed by atoms with van der Waals surface area (Å²) in [6, 6.07) is 10.3. The number of benzene rings is 1. The molecule has 0 radical (unpaired) electrons. The molecule has 3 N–H and O–H groups in total. The third kappa shape index (κ3) is 5.49. The van der Waals surface area contributed by atoms with Crippen molar-refractivity contribution in [2.24, 2.45) is 16.6 Å². The van der Waals surface area contributed by atoms with Gasteiger partial charge in [0.25, 0.3) is 5.91 Å². The molecule has 1 unspecified atom stereocenters. The predicted molar refractivity (Wildman–Crippen MR) is 123 cm³/mol. The minimum atomic E-state index is -1.10. The molecule has 1 fully saturated rings. The molecule has 0 spiro atoms. The second-order valence-electron chi connectivity index (χ2n) is 8.07. The van der Waals surface area contributed by atoms with Crippen LogP contribution in [0.2, 0.25) is 0 Å². The summed E-state index contributed by atoms with van der Waals surface area (Å²) < 4.78 is 18.5. The first-order valence-corrected chi connectivity index (χ1v) is 10.8. The summed E-state index contributed by atoms with van der Waals surface area (Å²) in [5, 5.41) is 8.52. The van der Waals surface area contributed by atoms with Gasteiger partial charge in [0, 0.05) is 36.5 Å². The summed E-state index contributed by atoms with van der Waals surface area (Å²) in [6.45, 7) is 4.23. The monoisotopic (exact) mass is 439 g/mol. The number of piperidine rings is 1. The first-order chi connectivity index (χ1) is 15.3. The molecular weight excluding hydrogens is 409 g/mol. The maximum Gasteiger partial charge on any atom is 0.272 e. The van der Waals surface area contributed by atoms with E-state index in [1.54, 1.807) is 31.1 Å². The number of aliphatic imine (C=N–C) groups is 1. The number of aromatic nitrogens is 1. The number of pyridine rings is 1. The van der Waals surface area contributed by atoms with Crippen molar-refractivity contribution in [2.45, 2.75) is 38.9 Å². The highest BCUT2D eigenvalue weighted by Gasteiger charge is 2.27. The molecule has 0 saturated carbocycles. The molecule has 8 heteroatoms. The average molecular weight is 440 g/mol. The molecule has 1 aromatic carbocycles. The van der Waals surface area contributed by atoms with E-state index in [0.717, 1.165) is 24.2 Å². The number of ether oxygens (including phenoxy) is 1. The van der Waals surface area contributed by atoms with Gasteiger partial charge in [-0.2, -0.15) is 0 Å². The molecule has 1 saturated heterocycles. The number of nitrogens with zero attached hydrogens (tertiary/aromatic N) is 3. The number of hydrogen-bond acceptors (Lipinski definition) is 5. The molecule has 1 aliphatic heterocycles. The van der Waals surface area contributed by atoms with E-state index in [-0.39, 0.29) is 17.7 Å². The van der Waals surface area contributed by atoms with E-state index in [0.29, 0.717) is 30.1 Å². The SMILES string of the molecule is COc1ccc(C(=N)C2CCN(C(=O)c3ccc(C(N)=NC(C)[C@@H](C)F)cn3)CC2)cc1. The van der Waals surface area contributed by atoms with Crippen molar-refractivity contribution in [3.63, 3.8) is 0 Å². The van der Waals surface area contributed by atoms with Gasteiger partial charge >= 0.3 is 0 Å². The van der Waals surface area contributed by atoms with Crippen LogP contribution in [0.5, 0.6) is 5.75 Å². The van der Waals surface area contributed by atoms with Crippen LogP contribution in [0, 0.1) is 11.3 Å². The molecule has 2 aromatic rings. The zero-order chi connectivity index (χ0) is 23.3. The lowest BCUT2D eigenvalue weighted by Gasteiger charge is -2.32. The van der Waals surface area contributed by atoms with Crippen molar-refractivity contribution in [3.05, 3.63) is 59.4 Å². The van der Waals surface area contributed by atoms with Crippen LogP contribution in [0.1, 0.15) is 48.3 Å². The van der Waals surface area contributed by atoms with Crippen LogP contribution in [0.3, 0.4) is 0 Å². The molecule has 0 aliphatic carbocycles. The summed E-state index contributed by atoms with van der Waals surface area (Å²) in [7, 11) is 1.62. The third-order valence-corrected chi connectivity index (χ3v) is 5.88. The lowest BCUT2D eigenvalue weighted by molar-refractivity contribution is 0.0704. The van der Waals surface area contributed by atoms with Crippen LogP contribution < -0.4 is 10.5 Å². The van der Waals surface area contributed by atoms with Gasteiger partial charge in [-0.15, -0.1) is 0 Å². The fourth-order valence-electron chi connectivity index (χ4n) is 3.61. The average Bonchev–Trinajstić information content (AvgIpc) is 2.83. The standard InChI is InChI=1S/C24H30FN5O2/c1-15(25)16(2)29-23(27)19-6-9-21(28-14-19)24(31)30-12-10-18(11-13-30)22(26)17-4-7-20(32-3)8-5-17/h4-9,14-16,18,26H,10-13H2,1-3H3,(H2,27,29)/t15-,16?/m1/s1. The van der Waals surface area contributed by atoms with Gasteiger partial charge in [-0.05, 0) is 68.7 Å². The lowest BCUT2D eigenvalue weighted by Crippen LogP contribution is -2.40. The Morgan fingerprint density at radius 3 is 2.34 bits per heavy atom. The Morgan fingerprint density at radius 2 is 1.81 bits per heavy atom. The smallest absolute Gasteiger partial charge is 0.272 e. The number of halogens is 1. The highest BCUT2D eigenvalue weighted by molar-refractivity contribution is 6.00. The van der Waals surface area contributed by atoms with Gasteiger partial charge in [-0.1, -0.05) is 0 Å². The van der Waals surface area contributed by atoms with E-state index < -0.39 is 12.2 Å². The normalized spacial score (nSPS) is 17.0. The van der Waals surface area contributed by atoms with E-state index in [2.05, 4.69) is 9.98 Å². The first kappa shape index (κ1) is 23.4. The van der Waals surface area contributed by atoms with Crippen LogP contribution in [0.25, 0.3) is 0 Å². The van der Waals surface area contributed by atoms with Crippen molar-refractivity contribution in [2.75, 3.05) is 20.2 Å². The maximum absolute atomic E-state index is 13.3. The number of likely N-dealkylation sites (tertiary alicyclic amines) is 1. The van der Waals surface area contributed by atoms with Gasteiger partial charge in [-0.3, -0.25) is 14.8 Å². The quantitative estimate of drug-likeness (QED) is 0.509. The van der Waals surface area contributed by atoms with E-state index in [1.807, 2.05) is 24.3 Å². The second kappa shape index (κ2) is 10.3. The van der Waals surface area contributed by atoms with Gasteiger partial charge in [-0.25, -0.2) is 4.39 Å². The second-order valence-corrected chi connectivity index (χ2v) is 8.07. The van der Waals surface area contributed by atoms with Crippen LogP contribution in [0.4, 0.5) is 4.39 Å². The molecule has 2 atom stereocenters. The maximum atomic E-state index is 13.3. The fraction of sp³-hybridized carbons (Fsp3) is 0.417. The highest BCUT2D eigenvalue weighted by atomic mass is 19.1. The van der Waals surface area contributed by atoms with E-state index in [1.165, 1.54) is 13.1 Å². The molecule has 1 aliphatic rings. The molecule has 1 aromatic heterocycles. The third-order valence-electron chi connectivity index (χ3n) is 5.88. The fourth-order valence-corrected chi connectivity index (χ4v) is 3.61. The van der Waals surface area contributed by atoms with Gasteiger partial charge < -0.3 is 20.8 Å². The Hall–Kier alpha value is -3.29. The molecule has 170 valence electrons. The number of amidine groups is 1. The minimum absolute atomic E-state index is 0.110. The summed E-state index contributed by atoms with van der Waals surface area (Å²) >= 11 is 0. The Morgan fingerprint density at radius 1 is 1.19 bits per heavy atom. The number of amides is 1. The number of hydrogen-bond donors (Lipinski definition) is 2. The zero-order valence-corrected chi connectivity index (χ0v) is 18.7. The number of rotatable bonds is 7. The molecule has 2 heterocycles. The van der Waals surface area contributed by atoms with Crippen LogP contribution in [-0.4, -0.2) is 59.8 Å². The topological polar surface area (TPSA) is 105 Å². The van der Waals surface area contributed by atoms with Crippen LogP contribution >= 0.6 is 0 Å². The molecule has 7 nitrogen and oxygen atoms in total. The lowest BCUT2D eigenvalue weighted by atomic mass is 9.88. The Bertz CT molecular complexity index is 965. The molecule has 3 rings (SSSR count). The summed E-state index contributed by atoms with van der Waals surface area (Å²) in [5.41, 5.74) is 8.29. The zero-order valence-electron chi connectivity index (χ0n) is 18.7. The van der Waals surface area contributed by atoms with Crippen molar-refractivity contribution >= 4 is 17.5 Å². The van der Waals surface area contributed by atoms with E-state index >= 15 is 0 Å². The summed E-state index contributed by atoms with van der Waals surface area (Å²) in [4.78, 5) is 23.0. The number of nitrogens with two attached hydrogens (primary N) is 1. The summed E-state index contributed by atoms with van der Waals surface area (Å²) in [6.07, 6.45) is 1.85. The van der Waals surface area contributed by atoms with Crippen LogP contribution in [-0.2, 0) is 0 Å². The Labute approximate surface area is 188 Å². The van der Waals surface area contributed by atoms with Gasteiger partial charge in [0.1, 0.15) is 23.5 Å². The molecule has 1 amide bonds. The van der Waals surface area contributed by atoms with Gasteiger partial charge in [0.15, 0.2) is 0 Å². The van der Waals surface area contributed by atoms with Crippen molar-refractivity contribution in [1.29, 1.82) is 5.41 Å². The molecule has 32 heavy (non-hydrogen) atoms. The van der Waals surface area contributed by atoms with Crippen molar-refractivity contribution in [3.8, 4) is 5.75 Å². The molecule has 0 bridgehead atoms. The number of nitrogens with one attached hydrogen (secondary N) is 1. The number of carbonyl (C=O) groups excluding carboxylic acids is 1. The highest BCUT2D eigenvalue weighted by Crippen LogP contribution is 2.24. The minimum Gasteiger partial charge on any atom is -0.497 e. The predicted octanol–water partition coefficient (Wildman–Crippen LogP) is 3.46. The summed E-state index contributed by atoms with van der Waals surface area (Å²) in [5.74, 6) is 0.928. The molecular formula is C24H30FN5O2. The number of alkyl halides is 1. The van der Waals surface area contributed by atoms with Crippen molar-refractivity contribution < 1.29 is 13.9 Å². The first-order valence-electron chi connectivity index (χ1n) is 10.8. The number of methoxy groups -OCH3 is 1. The Balaban J connectivity index is 1.58. The Kier molecular flexibility index (Phi) is 7.56.